The summed E-state index contributed by atoms with van der Waals surface area (Å²) in [5, 5.41) is 21.0. The van der Waals surface area contributed by atoms with Crippen molar-refractivity contribution in [1.82, 2.24) is 25.8 Å². The average Bonchev–Trinajstić information content (AvgIpc) is 3.67. The molecule has 1 aliphatic heterocycles. The second-order valence-electron chi connectivity index (χ2n) is 17.0. The number of nitrogens with zero attached hydrogens (tertiary/aromatic N) is 2. The Hall–Kier alpha value is -4.37. The lowest BCUT2D eigenvalue weighted by molar-refractivity contribution is -0.149. The number of esters is 1. The van der Waals surface area contributed by atoms with E-state index in [9.17, 15) is 33.5 Å². The van der Waals surface area contributed by atoms with Crippen LogP contribution in [-0.4, -0.2) is 81.9 Å². The maximum atomic E-state index is 14.8. The maximum Gasteiger partial charge on any atom is 0.309 e. The molecule has 59 heavy (non-hydrogen) atoms. The van der Waals surface area contributed by atoms with Gasteiger partial charge in [-0.3, -0.25) is 24.0 Å². The Bertz CT molecular complexity index is 1770. The fourth-order valence-corrected chi connectivity index (χ4v) is 8.25. The molecule has 0 bridgehead atoms. The number of carbonyl (C=O) groups is 5. The number of ether oxygens (including phenoxy) is 1. The Morgan fingerprint density at radius 2 is 1.86 bits per heavy atom. The Morgan fingerprint density at radius 1 is 1.15 bits per heavy atom. The number of carboxylic acid groups (broad SMARTS) is 1. The number of halogens is 1. The van der Waals surface area contributed by atoms with Crippen LogP contribution in [0.1, 0.15) is 140 Å². The highest BCUT2D eigenvalue weighted by Gasteiger charge is 2.38. The summed E-state index contributed by atoms with van der Waals surface area (Å²) in [5.74, 6) is -3.07. The van der Waals surface area contributed by atoms with E-state index in [0.29, 0.717) is 41.4 Å². The minimum absolute atomic E-state index is 0.0216. The summed E-state index contributed by atoms with van der Waals surface area (Å²) in [6, 6.07) is 1.77. The lowest BCUT2D eigenvalue weighted by Crippen LogP contribution is -2.58. The van der Waals surface area contributed by atoms with Crippen LogP contribution in [0, 0.1) is 23.1 Å². The minimum atomic E-state index is -1.22. The van der Waals surface area contributed by atoms with Gasteiger partial charge in [0.2, 0.25) is 11.8 Å². The first-order chi connectivity index (χ1) is 27.8. The van der Waals surface area contributed by atoms with Crippen LogP contribution in [0.3, 0.4) is 0 Å². The van der Waals surface area contributed by atoms with Gasteiger partial charge < -0.3 is 36.4 Å². The Balaban J connectivity index is 1.95. The number of carboxylic acids is 1. The molecule has 2 heterocycles. The number of aromatic nitrogens is 1. The van der Waals surface area contributed by atoms with E-state index in [1.54, 1.807) is 24.8 Å². The summed E-state index contributed by atoms with van der Waals surface area (Å²) in [7, 11) is 0. The zero-order valence-electron chi connectivity index (χ0n) is 36.2. The third-order valence-electron chi connectivity index (χ3n) is 11.2. The third-order valence-corrected chi connectivity index (χ3v) is 12.2. The highest BCUT2D eigenvalue weighted by Crippen LogP contribution is 2.32. The number of thiazole rings is 1. The van der Waals surface area contributed by atoms with Gasteiger partial charge in [0.05, 0.1) is 23.2 Å². The van der Waals surface area contributed by atoms with Gasteiger partial charge in [0.25, 0.3) is 5.91 Å². The predicted molar refractivity (Wildman–Crippen MR) is 229 cm³/mol. The molecule has 0 spiro atoms. The van der Waals surface area contributed by atoms with Crippen molar-refractivity contribution >= 4 is 46.7 Å². The summed E-state index contributed by atoms with van der Waals surface area (Å²) in [6.45, 7) is 19.7. The molecule has 1 saturated heterocycles. The summed E-state index contributed by atoms with van der Waals surface area (Å²) in [6.07, 6.45) is 5.22. The fraction of sp³-hybridized carbons (Fsp3) is 0.636. The second-order valence-corrected chi connectivity index (χ2v) is 17.9. The molecule has 15 heteroatoms. The van der Waals surface area contributed by atoms with Crippen LogP contribution in [0.15, 0.2) is 35.7 Å². The normalized spacial score (nSPS) is 18.1. The number of anilines is 1. The van der Waals surface area contributed by atoms with Gasteiger partial charge in [-0.1, -0.05) is 71.6 Å². The van der Waals surface area contributed by atoms with Crippen LogP contribution in [0.4, 0.5) is 10.1 Å². The first-order valence-corrected chi connectivity index (χ1v) is 21.9. The van der Waals surface area contributed by atoms with Crippen LogP contribution < -0.4 is 21.7 Å². The van der Waals surface area contributed by atoms with E-state index in [0.717, 1.165) is 50.0 Å². The van der Waals surface area contributed by atoms with Crippen molar-refractivity contribution in [1.29, 1.82) is 0 Å². The van der Waals surface area contributed by atoms with Crippen molar-refractivity contribution < 1.29 is 38.2 Å². The fourth-order valence-electron chi connectivity index (χ4n) is 7.41. The molecule has 2 aromatic rings. The van der Waals surface area contributed by atoms with Crippen molar-refractivity contribution in [2.24, 2.45) is 17.3 Å². The number of rotatable bonds is 23. The molecule has 1 aromatic carbocycles. The number of aliphatic carboxylic acids is 1. The van der Waals surface area contributed by atoms with Gasteiger partial charge in [-0.15, -0.1) is 11.3 Å². The van der Waals surface area contributed by atoms with E-state index in [-0.39, 0.29) is 48.4 Å². The third kappa shape index (κ3) is 14.7. The first kappa shape index (κ1) is 49.0. The van der Waals surface area contributed by atoms with Crippen molar-refractivity contribution in [3.63, 3.8) is 0 Å². The van der Waals surface area contributed by atoms with E-state index in [1.807, 2.05) is 20.8 Å². The molecule has 1 aromatic heterocycles. The van der Waals surface area contributed by atoms with E-state index >= 15 is 0 Å². The number of unbranched alkanes of at least 4 members (excludes halogenated alkanes) is 3. The van der Waals surface area contributed by atoms with Crippen molar-refractivity contribution in [3.8, 4) is 0 Å². The van der Waals surface area contributed by atoms with Crippen LogP contribution in [-0.2, 0) is 30.3 Å². The van der Waals surface area contributed by atoms with Crippen LogP contribution in [0.5, 0.6) is 0 Å². The van der Waals surface area contributed by atoms with Crippen molar-refractivity contribution in [2.45, 2.75) is 150 Å². The van der Waals surface area contributed by atoms with Crippen LogP contribution in [0.25, 0.3) is 0 Å². The summed E-state index contributed by atoms with van der Waals surface area (Å²) in [5.41, 5.74) is 5.60. The van der Waals surface area contributed by atoms with Crippen molar-refractivity contribution in [3.05, 3.63) is 57.8 Å². The van der Waals surface area contributed by atoms with E-state index in [1.165, 1.54) is 24.4 Å². The first-order valence-electron chi connectivity index (χ1n) is 21.0. The van der Waals surface area contributed by atoms with Crippen molar-refractivity contribution in [2.75, 3.05) is 18.8 Å². The van der Waals surface area contributed by atoms with Gasteiger partial charge in [-0.25, -0.2) is 9.37 Å². The number of carbonyl (C=O) groups excluding carboxylic acids is 4. The van der Waals surface area contributed by atoms with Gasteiger partial charge >= 0.3 is 11.9 Å². The Kier molecular flexibility index (Phi) is 19.0. The molecular formula is C44H67FN6O7S. The number of hydrogen-bond donors (Lipinski definition) is 5. The molecule has 13 nitrogen and oxygen atoms in total. The molecule has 3 rings (SSSR count). The Morgan fingerprint density at radius 3 is 2.46 bits per heavy atom. The number of hydrogen-bond acceptors (Lipinski definition) is 10. The number of nitrogens with one attached hydrogen (secondary N) is 3. The molecule has 7 atom stereocenters. The molecule has 0 saturated carbocycles. The predicted octanol–water partition coefficient (Wildman–Crippen LogP) is 6.97. The molecule has 328 valence electrons. The number of piperidine rings is 1. The molecule has 1 fully saturated rings. The molecule has 0 unspecified atom stereocenters. The summed E-state index contributed by atoms with van der Waals surface area (Å²) < 4.78 is 20.2. The number of amides is 3. The van der Waals surface area contributed by atoms with E-state index in [2.05, 4.69) is 41.4 Å². The zero-order valence-corrected chi connectivity index (χ0v) is 37.0. The Labute approximate surface area is 353 Å². The lowest BCUT2D eigenvalue weighted by Gasteiger charge is -2.38. The molecule has 3 amide bonds. The molecule has 0 radical (unpaired) electrons. The van der Waals surface area contributed by atoms with Gasteiger partial charge in [0.1, 0.15) is 22.6 Å². The topological polar surface area (TPSA) is 193 Å². The number of nitrogens with two attached hydrogens (primary N) is 1. The number of benzene rings is 1. The number of nitrogen functional groups attached to an aromatic ring is 1. The zero-order chi connectivity index (χ0) is 44.0. The van der Waals surface area contributed by atoms with Gasteiger partial charge in [0, 0.05) is 31.3 Å². The average molecular weight is 843 g/mol. The monoisotopic (exact) mass is 842 g/mol. The lowest BCUT2D eigenvalue weighted by atomic mass is 9.84. The van der Waals surface area contributed by atoms with Gasteiger partial charge in [-0.2, -0.15) is 0 Å². The van der Waals surface area contributed by atoms with E-state index < -0.39 is 59.3 Å². The molecule has 1 aliphatic rings. The quantitative estimate of drug-likeness (QED) is 0.0338. The highest BCUT2D eigenvalue weighted by molar-refractivity contribution is 7.09. The van der Waals surface area contributed by atoms with Crippen LogP contribution >= 0.6 is 11.3 Å². The van der Waals surface area contributed by atoms with Crippen LogP contribution in [0.2, 0.25) is 0 Å². The minimum Gasteiger partial charge on any atom is -0.481 e. The smallest absolute Gasteiger partial charge is 0.309 e. The SMILES string of the molecule is C=C(C)[C@@H](C[C@@H](OC(C)=O)c1nc(C(=O)N[C@@H](Cc2ccc(N)c(F)c2)CC(C)(C)C(=O)O)cs1)N(CCCCCC)C(=O)[C@@H](NC(=O)[C@H]1C[C@H](C)CCN1)[C@@H](C)CC. The molecule has 6 N–H and O–H groups in total. The van der Waals surface area contributed by atoms with E-state index in [4.69, 9.17) is 10.5 Å². The summed E-state index contributed by atoms with van der Waals surface area (Å²) in [4.78, 5) is 73.2. The summed E-state index contributed by atoms with van der Waals surface area (Å²) >= 11 is 1.11. The largest absolute Gasteiger partial charge is 0.481 e. The maximum absolute atomic E-state index is 14.8. The standard InChI is InChI=1S/C44H67FN6O7S/c1-10-12-13-14-19-51(42(55)38(28(6)11-2)50-39(53)34-20-27(5)17-18-47-34)36(26(3)4)23-37(58-29(7)52)41-49-35(25-59-41)40(54)48-31(24-44(8,9)43(56)57)21-30-15-16-33(46)32(45)22-30/h15-16,22,25,27-28,31,34,36-38,47H,3,10-14,17-21,23-24,46H2,1-2,4-9H3,(H,48,54)(H,50,53)(H,56,57)/t27-,28+,31+,34-,36-,37-,38+/m1/s1. The van der Waals surface area contributed by atoms with Gasteiger partial charge in [-0.05, 0) is 89.0 Å². The second kappa shape index (κ2) is 22.8. The highest BCUT2D eigenvalue weighted by atomic mass is 32.1. The molecule has 0 aliphatic carbocycles. The van der Waals surface area contributed by atoms with Gasteiger partial charge in [0.15, 0.2) is 6.10 Å². The molecular weight excluding hydrogens is 776 g/mol.